The second-order valence-corrected chi connectivity index (χ2v) is 3.10. The van der Waals surface area contributed by atoms with E-state index in [1.807, 2.05) is 0 Å². The standard InChI is InChI=1S/C10H11NO3/c1-13-9-4-2-8(3-5-9)10(12)6-7-11-14-10/h2-5,7,12H,6H2,1H3. The maximum absolute atomic E-state index is 9.94. The third kappa shape index (κ3) is 1.44. The summed E-state index contributed by atoms with van der Waals surface area (Å²) in [5.74, 6) is -0.553. The van der Waals surface area contributed by atoms with Crippen molar-refractivity contribution in [1.82, 2.24) is 0 Å². The van der Waals surface area contributed by atoms with Crippen molar-refractivity contribution in [3.05, 3.63) is 29.8 Å². The van der Waals surface area contributed by atoms with Gasteiger partial charge in [0, 0.05) is 5.56 Å². The van der Waals surface area contributed by atoms with Crippen LogP contribution in [0, 0.1) is 0 Å². The van der Waals surface area contributed by atoms with Crippen LogP contribution in [0.15, 0.2) is 29.4 Å². The van der Waals surface area contributed by atoms with E-state index < -0.39 is 5.79 Å². The minimum absolute atomic E-state index is 0.374. The molecule has 0 spiro atoms. The summed E-state index contributed by atoms with van der Waals surface area (Å²) in [5.41, 5.74) is 0.677. The number of hydrogen-bond acceptors (Lipinski definition) is 4. The van der Waals surface area contributed by atoms with Crippen molar-refractivity contribution in [2.75, 3.05) is 7.11 Å². The van der Waals surface area contributed by atoms with E-state index in [9.17, 15) is 5.11 Å². The molecule has 74 valence electrons. The highest BCUT2D eigenvalue weighted by Gasteiger charge is 2.34. The van der Waals surface area contributed by atoms with E-state index in [0.717, 1.165) is 5.75 Å². The van der Waals surface area contributed by atoms with Crippen LogP contribution in [0.4, 0.5) is 0 Å². The Labute approximate surface area is 81.8 Å². The Balaban J connectivity index is 2.24. The van der Waals surface area contributed by atoms with Gasteiger partial charge in [-0.05, 0) is 24.3 Å². The number of oxime groups is 1. The Kier molecular flexibility index (Phi) is 2.13. The van der Waals surface area contributed by atoms with E-state index in [0.29, 0.717) is 12.0 Å². The molecule has 1 aromatic rings. The Bertz CT molecular complexity index is 337. The topological polar surface area (TPSA) is 51.0 Å². The van der Waals surface area contributed by atoms with E-state index in [-0.39, 0.29) is 0 Å². The Hall–Kier alpha value is -1.55. The molecule has 1 aliphatic rings. The average Bonchev–Trinajstić information content (AvgIpc) is 2.67. The van der Waals surface area contributed by atoms with Gasteiger partial charge in [0.2, 0.25) is 0 Å². The van der Waals surface area contributed by atoms with Gasteiger partial charge in [-0.3, -0.25) is 0 Å². The molecule has 0 radical (unpaired) electrons. The molecule has 0 bridgehead atoms. The second-order valence-electron chi connectivity index (χ2n) is 3.10. The Morgan fingerprint density at radius 2 is 2.14 bits per heavy atom. The number of methoxy groups -OCH3 is 1. The Morgan fingerprint density at radius 3 is 2.64 bits per heavy atom. The van der Waals surface area contributed by atoms with Gasteiger partial charge in [-0.15, -0.1) is 0 Å². The second kappa shape index (κ2) is 3.31. The van der Waals surface area contributed by atoms with Crippen LogP contribution < -0.4 is 4.74 Å². The lowest BCUT2D eigenvalue weighted by atomic mass is 10.0. The fraction of sp³-hybridized carbons (Fsp3) is 0.300. The summed E-state index contributed by atoms with van der Waals surface area (Å²) in [5, 5.41) is 13.5. The van der Waals surface area contributed by atoms with Gasteiger partial charge < -0.3 is 14.7 Å². The fourth-order valence-electron chi connectivity index (χ4n) is 1.34. The number of hydrogen-bond donors (Lipinski definition) is 1. The van der Waals surface area contributed by atoms with Gasteiger partial charge in [0.25, 0.3) is 5.79 Å². The highest BCUT2D eigenvalue weighted by atomic mass is 16.7. The summed E-state index contributed by atoms with van der Waals surface area (Å²) in [7, 11) is 1.60. The summed E-state index contributed by atoms with van der Waals surface area (Å²) in [6.07, 6.45) is 1.92. The molecule has 0 amide bonds. The lowest BCUT2D eigenvalue weighted by Crippen LogP contribution is -2.23. The third-order valence-electron chi connectivity index (χ3n) is 2.19. The van der Waals surface area contributed by atoms with Gasteiger partial charge >= 0.3 is 0 Å². The van der Waals surface area contributed by atoms with Gasteiger partial charge in [-0.1, -0.05) is 5.16 Å². The molecule has 1 aliphatic heterocycles. The number of aliphatic hydroxyl groups is 1. The zero-order valence-electron chi connectivity index (χ0n) is 7.80. The third-order valence-corrected chi connectivity index (χ3v) is 2.19. The van der Waals surface area contributed by atoms with Crippen LogP contribution in [-0.4, -0.2) is 18.4 Å². The first kappa shape index (κ1) is 9.02. The lowest BCUT2D eigenvalue weighted by Gasteiger charge is -2.19. The molecule has 1 heterocycles. The lowest BCUT2D eigenvalue weighted by molar-refractivity contribution is -0.193. The van der Waals surface area contributed by atoms with Gasteiger partial charge in [-0.2, -0.15) is 0 Å². The van der Waals surface area contributed by atoms with Crippen LogP contribution in [-0.2, 0) is 10.6 Å². The van der Waals surface area contributed by atoms with Crippen LogP contribution in [0.5, 0.6) is 5.75 Å². The van der Waals surface area contributed by atoms with Crippen molar-refractivity contribution in [2.24, 2.45) is 5.16 Å². The molecule has 0 saturated carbocycles. The first-order valence-corrected chi connectivity index (χ1v) is 4.31. The van der Waals surface area contributed by atoms with Gasteiger partial charge in [0.1, 0.15) is 5.75 Å². The van der Waals surface area contributed by atoms with E-state index in [1.165, 1.54) is 0 Å². The minimum atomic E-state index is -1.30. The summed E-state index contributed by atoms with van der Waals surface area (Å²) in [4.78, 5) is 4.88. The smallest absolute Gasteiger partial charge is 0.265 e. The molecule has 4 heteroatoms. The predicted molar refractivity (Wildman–Crippen MR) is 51.1 cm³/mol. The Morgan fingerprint density at radius 1 is 1.43 bits per heavy atom. The van der Waals surface area contributed by atoms with Crippen molar-refractivity contribution in [3.63, 3.8) is 0 Å². The summed E-state index contributed by atoms with van der Waals surface area (Å²) >= 11 is 0. The molecule has 4 nitrogen and oxygen atoms in total. The number of ether oxygens (including phenoxy) is 1. The van der Waals surface area contributed by atoms with E-state index in [2.05, 4.69) is 5.16 Å². The minimum Gasteiger partial charge on any atom is -0.497 e. The summed E-state index contributed by atoms with van der Waals surface area (Å²) in [6, 6.07) is 7.06. The molecule has 1 aromatic carbocycles. The van der Waals surface area contributed by atoms with Gasteiger partial charge in [-0.25, -0.2) is 0 Å². The van der Waals surface area contributed by atoms with Crippen molar-refractivity contribution < 1.29 is 14.7 Å². The van der Waals surface area contributed by atoms with Crippen LogP contribution in [0.3, 0.4) is 0 Å². The normalized spacial score (nSPS) is 24.7. The van der Waals surface area contributed by atoms with Crippen molar-refractivity contribution in [3.8, 4) is 5.75 Å². The fourth-order valence-corrected chi connectivity index (χ4v) is 1.34. The summed E-state index contributed by atoms with van der Waals surface area (Å²) in [6.45, 7) is 0. The van der Waals surface area contributed by atoms with E-state index >= 15 is 0 Å². The van der Waals surface area contributed by atoms with E-state index in [4.69, 9.17) is 9.57 Å². The van der Waals surface area contributed by atoms with Crippen molar-refractivity contribution in [2.45, 2.75) is 12.2 Å². The van der Waals surface area contributed by atoms with Crippen molar-refractivity contribution >= 4 is 6.21 Å². The maximum Gasteiger partial charge on any atom is 0.265 e. The monoisotopic (exact) mass is 193 g/mol. The van der Waals surface area contributed by atoms with Crippen LogP contribution in [0.25, 0.3) is 0 Å². The number of rotatable bonds is 2. The first-order valence-electron chi connectivity index (χ1n) is 4.31. The quantitative estimate of drug-likeness (QED) is 0.768. The molecule has 2 rings (SSSR count). The van der Waals surface area contributed by atoms with Gasteiger partial charge in [0.15, 0.2) is 0 Å². The zero-order chi connectivity index (χ0) is 10.0. The highest BCUT2D eigenvalue weighted by molar-refractivity contribution is 5.60. The molecular formula is C10H11NO3. The predicted octanol–water partition coefficient (Wildman–Crippen LogP) is 1.25. The molecule has 1 atom stereocenters. The van der Waals surface area contributed by atoms with Crippen LogP contribution in [0.1, 0.15) is 12.0 Å². The first-order chi connectivity index (χ1) is 6.74. The maximum atomic E-state index is 9.94. The number of benzene rings is 1. The van der Waals surface area contributed by atoms with Crippen LogP contribution >= 0.6 is 0 Å². The van der Waals surface area contributed by atoms with E-state index in [1.54, 1.807) is 37.6 Å². The molecule has 1 unspecified atom stereocenters. The molecule has 1 N–H and O–H groups in total. The molecular weight excluding hydrogens is 182 g/mol. The highest BCUT2D eigenvalue weighted by Crippen LogP contribution is 2.30. The summed E-state index contributed by atoms with van der Waals surface area (Å²) < 4.78 is 5.01. The van der Waals surface area contributed by atoms with Crippen molar-refractivity contribution in [1.29, 1.82) is 0 Å². The zero-order valence-corrected chi connectivity index (χ0v) is 7.80. The average molecular weight is 193 g/mol. The molecule has 14 heavy (non-hydrogen) atoms. The van der Waals surface area contributed by atoms with Gasteiger partial charge in [0.05, 0.1) is 19.7 Å². The van der Waals surface area contributed by atoms with Crippen LogP contribution in [0.2, 0.25) is 0 Å². The molecule has 0 fully saturated rings. The molecule has 0 aliphatic carbocycles. The largest absolute Gasteiger partial charge is 0.497 e. The SMILES string of the molecule is COc1ccc(C2(O)CC=NO2)cc1. The molecule has 0 aromatic heterocycles. The number of nitrogens with zero attached hydrogens (tertiary/aromatic N) is 1. The molecule has 0 saturated heterocycles.